The van der Waals surface area contributed by atoms with Crippen molar-refractivity contribution in [1.29, 1.82) is 0 Å². The van der Waals surface area contributed by atoms with E-state index in [2.05, 4.69) is 15.5 Å². The van der Waals surface area contributed by atoms with Crippen LogP contribution in [0.4, 0.5) is 11.4 Å². The van der Waals surface area contributed by atoms with Crippen molar-refractivity contribution in [2.75, 3.05) is 11.6 Å². The number of pyridine rings is 1. The van der Waals surface area contributed by atoms with Gasteiger partial charge in [0.05, 0.1) is 16.8 Å². The summed E-state index contributed by atoms with van der Waals surface area (Å²) >= 11 is 0. The molecule has 0 atom stereocenters. The highest BCUT2D eigenvalue weighted by atomic mass is 16.5. The molecule has 0 saturated heterocycles. The number of aryl methyl sites for hydroxylation is 3. The van der Waals surface area contributed by atoms with Crippen LogP contribution in [0.3, 0.4) is 0 Å². The molecule has 2 aromatic carbocycles. The molecule has 2 aromatic heterocycles. The molecule has 0 saturated carbocycles. The lowest BCUT2D eigenvalue weighted by molar-refractivity contribution is -0.123. The van der Waals surface area contributed by atoms with Crippen molar-refractivity contribution in [2.45, 2.75) is 13.8 Å². The Hall–Kier alpha value is -3.87. The molecule has 4 rings (SSSR count). The van der Waals surface area contributed by atoms with Crippen LogP contribution >= 0.6 is 0 Å². The predicted molar refractivity (Wildman–Crippen MR) is 117 cm³/mol. The van der Waals surface area contributed by atoms with E-state index in [1.54, 1.807) is 9.69 Å². The van der Waals surface area contributed by atoms with Crippen LogP contribution in [0, 0.1) is 13.8 Å². The fourth-order valence-electron chi connectivity index (χ4n) is 3.37. The van der Waals surface area contributed by atoms with Crippen molar-refractivity contribution in [1.82, 2.24) is 20.2 Å². The number of hydrogen-bond donors (Lipinski definition) is 1. The van der Waals surface area contributed by atoms with Crippen molar-refractivity contribution >= 4 is 28.3 Å². The van der Waals surface area contributed by atoms with Crippen LogP contribution in [0.25, 0.3) is 11.0 Å². The molecule has 1 N–H and O–H groups in total. The molecule has 30 heavy (non-hydrogen) atoms. The number of fused-ring (bicyclic) bond motifs is 1. The van der Waals surface area contributed by atoms with E-state index in [9.17, 15) is 4.79 Å². The van der Waals surface area contributed by atoms with Gasteiger partial charge in [-0.25, -0.2) is 9.67 Å². The quantitative estimate of drug-likeness (QED) is 0.497. The number of amides is 1. The fourth-order valence-corrected chi connectivity index (χ4v) is 3.37. The number of benzene rings is 2. The minimum Gasteiger partial charge on any atom is -0.466 e. The number of nitrogens with zero attached hydrogens (tertiary/aromatic N) is 4. The molecule has 0 spiro atoms. The van der Waals surface area contributed by atoms with E-state index >= 15 is 0 Å². The van der Waals surface area contributed by atoms with Crippen LogP contribution in [0.5, 0.6) is 5.88 Å². The summed E-state index contributed by atoms with van der Waals surface area (Å²) < 4.78 is 7.45. The van der Waals surface area contributed by atoms with Gasteiger partial charge >= 0.3 is 0 Å². The first-order valence-corrected chi connectivity index (χ1v) is 9.66. The topological polar surface area (TPSA) is 72.3 Å². The Morgan fingerprint density at radius 1 is 1.03 bits per heavy atom. The molecule has 2 heterocycles. The number of nitrogens with one attached hydrogen (secondary N) is 1. The molecule has 0 bridgehead atoms. The molecule has 0 aliphatic rings. The van der Waals surface area contributed by atoms with Gasteiger partial charge < -0.3 is 4.74 Å². The third kappa shape index (κ3) is 3.96. The zero-order valence-corrected chi connectivity index (χ0v) is 17.2. The van der Waals surface area contributed by atoms with Crippen LogP contribution < -0.4 is 15.2 Å². The number of ether oxygens (including phenoxy) is 1. The van der Waals surface area contributed by atoms with E-state index in [1.165, 1.54) is 0 Å². The number of carbonyl (C=O) groups is 1. The van der Waals surface area contributed by atoms with Gasteiger partial charge in [0.15, 0.2) is 12.3 Å². The van der Waals surface area contributed by atoms with Gasteiger partial charge in [0.2, 0.25) is 5.88 Å². The SMILES string of the molecule is Cc1cc(C)c2c(OCC(=O)NN(c3ccccc3)c3ccccc3)nn(C)c2n1. The van der Waals surface area contributed by atoms with Crippen molar-refractivity contribution in [3.05, 3.63) is 78.0 Å². The van der Waals surface area contributed by atoms with Gasteiger partial charge in [-0.05, 0) is 49.7 Å². The number of hydrogen-bond acceptors (Lipinski definition) is 5. The lowest BCUT2D eigenvalue weighted by atomic mass is 10.2. The maximum atomic E-state index is 12.7. The first-order chi connectivity index (χ1) is 14.5. The second-order valence-corrected chi connectivity index (χ2v) is 7.04. The van der Waals surface area contributed by atoms with E-state index in [0.717, 1.165) is 33.7 Å². The highest BCUT2D eigenvalue weighted by Crippen LogP contribution is 2.27. The highest BCUT2D eigenvalue weighted by molar-refractivity contribution is 5.86. The van der Waals surface area contributed by atoms with Gasteiger partial charge in [-0.15, -0.1) is 5.10 Å². The summed E-state index contributed by atoms with van der Waals surface area (Å²) in [5, 5.41) is 6.95. The Morgan fingerprint density at radius 3 is 2.23 bits per heavy atom. The van der Waals surface area contributed by atoms with E-state index in [1.807, 2.05) is 87.6 Å². The highest BCUT2D eigenvalue weighted by Gasteiger charge is 2.17. The summed E-state index contributed by atoms with van der Waals surface area (Å²) in [7, 11) is 1.81. The van der Waals surface area contributed by atoms with Gasteiger partial charge in [0.25, 0.3) is 5.91 Å². The summed E-state index contributed by atoms with van der Waals surface area (Å²) in [5.41, 5.74) is 7.26. The predicted octanol–water partition coefficient (Wildman–Crippen LogP) is 3.83. The third-order valence-corrected chi connectivity index (χ3v) is 4.69. The first-order valence-electron chi connectivity index (χ1n) is 9.66. The number of aromatic nitrogens is 3. The van der Waals surface area contributed by atoms with Gasteiger partial charge in [-0.2, -0.15) is 0 Å². The molecule has 152 valence electrons. The summed E-state index contributed by atoms with van der Waals surface area (Å²) in [6.45, 7) is 3.75. The summed E-state index contributed by atoms with van der Waals surface area (Å²) in [4.78, 5) is 17.3. The second-order valence-electron chi connectivity index (χ2n) is 7.04. The zero-order valence-electron chi connectivity index (χ0n) is 17.2. The Kier molecular flexibility index (Phi) is 5.34. The molecule has 7 heteroatoms. The summed E-state index contributed by atoms with van der Waals surface area (Å²) in [5.74, 6) is 0.109. The standard InChI is InChI=1S/C23H23N5O2/c1-16-14-17(2)24-22-21(16)23(26-27(22)3)30-15-20(29)25-28(18-10-6-4-7-11-18)19-12-8-5-9-13-19/h4-14H,15H2,1-3H3,(H,25,29). The van der Waals surface area contributed by atoms with Gasteiger partial charge in [-0.1, -0.05) is 36.4 Å². The zero-order chi connectivity index (χ0) is 21.1. The average Bonchev–Trinajstić information content (AvgIpc) is 3.07. The largest absolute Gasteiger partial charge is 0.466 e. The maximum Gasteiger partial charge on any atom is 0.276 e. The number of hydrazine groups is 1. The Labute approximate surface area is 174 Å². The molecule has 0 fully saturated rings. The fraction of sp³-hybridized carbons (Fsp3) is 0.174. The van der Waals surface area contributed by atoms with Gasteiger partial charge in [-0.3, -0.25) is 15.2 Å². The van der Waals surface area contributed by atoms with Crippen LogP contribution in [0.15, 0.2) is 66.7 Å². The van der Waals surface area contributed by atoms with E-state index in [0.29, 0.717) is 5.88 Å². The molecule has 0 radical (unpaired) electrons. The van der Waals surface area contributed by atoms with Crippen molar-refractivity contribution < 1.29 is 9.53 Å². The van der Waals surface area contributed by atoms with Gasteiger partial charge in [0, 0.05) is 12.7 Å². The van der Waals surface area contributed by atoms with Gasteiger partial charge in [0.1, 0.15) is 0 Å². The minimum atomic E-state index is -0.292. The van der Waals surface area contributed by atoms with E-state index < -0.39 is 0 Å². The second kappa shape index (κ2) is 8.24. The molecule has 0 aliphatic carbocycles. The maximum absolute atomic E-state index is 12.7. The molecular formula is C23H23N5O2. The van der Waals surface area contributed by atoms with Crippen molar-refractivity contribution in [3.63, 3.8) is 0 Å². The van der Waals surface area contributed by atoms with Crippen LogP contribution in [0.1, 0.15) is 11.3 Å². The van der Waals surface area contributed by atoms with Crippen LogP contribution in [-0.2, 0) is 11.8 Å². The molecule has 7 nitrogen and oxygen atoms in total. The molecular weight excluding hydrogens is 378 g/mol. The lowest BCUT2D eigenvalue weighted by Gasteiger charge is -2.25. The van der Waals surface area contributed by atoms with E-state index in [-0.39, 0.29) is 12.5 Å². The number of para-hydroxylation sites is 2. The summed E-state index contributed by atoms with van der Waals surface area (Å²) in [6, 6.07) is 21.2. The lowest BCUT2D eigenvalue weighted by Crippen LogP contribution is -2.41. The average molecular weight is 401 g/mol. The third-order valence-electron chi connectivity index (χ3n) is 4.69. The smallest absolute Gasteiger partial charge is 0.276 e. The Balaban J connectivity index is 1.53. The molecule has 0 aliphatic heterocycles. The Morgan fingerprint density at radius 2 is 1.63 bits per heavy atom. The first kappa shape index (κ1) is 19.4. The normalized spacial score (nSPS) is 10.8. The van der Waals surface area contributed by atoms with Crippen molar-refractivity contribution in [3.8, 4) is 5.88 Å². The molecule has 0 unspecified atom stereocenters. The number of anilines is 2. The number of carbonyl (C=O) groups excluding carboxylic acids is 1. The molecule has 4 aromatic rings. The summed E-state index contributed by atoms with van der Waals surface area (Å²) in [6.07, 6.45) is 0. The van der Waals surface area contributed by atoms with Crippen LogP contribution in [0.2, 0.25) is 0 Å². The molecule has 1 amide bonds. The monoisotopic (exact) mass is 401 g/mol. The van der Waals surface area contributed by atoms with Crippen molar-refractivity contribution in [2.24, 2.45) is 7.05 Å². The van der Waals surface area contributed by atoms with E-state index in [4.69, 9.17) is 4.74 Å². The van der Waals surface area contributed by atoms with Crippen LogP contribution in [-0.4, -0.2) is 27.3 Å². The Bertz CT molecular complexity index is 1130. The minimum absolute atomic E-state index is 0.171. The number of rotatable bonds is 6.